The molecule has 0 radical (unpaired) electrons. The Morgan fingerprint density at radius 2 is 2.08 bits per heavy atom. The summed E-state index contributed by atoms with van der Waals surface area (Å²) in [4.78, 5) is 18.0. The average molecular weight is 361 g/mol. The highest BCUT2D eigenvalue weighted by Gasteiger charge is 2.14. The number of carbonyl (C=O) groups excluding carboxylic acids is 1. The molecular weight excluding hydrogens is 342 g/mol. The number of halogens is 1. The van der Waals surface area contributed by atoms with Gasteiger partial charge in [-0.25, -0.2) is 4.98 Å². The molecule has 3 rings (SSSR count). The molecule has 0 aliphatic heterocycles. The first-order chi connectivity index (χ1) is 11.5. The summed E-state index contributed by atoms with van der Waals surface area (Å²) in [6.45, 7) is 3.05. The van der Waals surface area contributed by atoms with Crippen molar-refractivity contribution in [2.45, 2.75) is 13.5 Å². The van der Waals surface area contributed by atoms with Crippen LogP contribution >= 0.6 is 22.9 Å². The minimum absolute atomic E-state index is 0.0287. The van der Waals surface area contributed by atoms with E-state index in [0.717, 1.165) is 33.2 Å². The number of amides is 1. The standard InChI is InChI=1S/C18H18ClN3OS/c1-12-7-8-13(19)9-15(12)20-17(23)10-22(2)11-18-21-14-5-3-4-6-16(14)24-18/h3-9H,10-11H2,1-2H3,(H,20,23)/p+1. The topological polar surface area (TPSA) is 46.4 Å². The molecule has 1 atom stereocenters. The van der Waals surface area contributed by atoms with Gasteiger partial charge in [-0.2, -0.15) is 0 Å². The largest absolute Gasteiger partial charge is 0.324 e. The van der Waals surface area contributed by atoms with E-state index < -0.39 is 0 Å². The van der Waals surface area contributed by atoms with Gasteiger partial charge in [0.05, 0.1) is 17.3 Å². The number of benzene rings is 2. The second-order valence-corrected chi connectivity index (χ2v) is 7.45. The van der Waals surface area contributed by atoms with E-state index in [1.54, 1.807) is 17.4 Å². The quantitative estimate of drug-likeness (QED) is 0.735. The third-order valence-electron chi connectivity index (χ3n) is 3.73. The number of thiazole rings is 1. The number of hydrogen-bond donors (Lipinski definition) is 2. The van der Waals surface area contributed by atoms with Crippen LogP contribution in [0.4, 0.5) is 5.69 Å². The maximum Gasteiger partial charge on any atom is 0.279 e. The number of anilines is 1. The molecule has 3 aromatic rings. The van der Waals surface area contributed by atoms with Crippen LogP contribution in [0.25, 0.3) is 10.2 Å². The Hall–Kier alpha value is -1.95. The Kier molecular flexibility index (Phi) is 5.14. The van der Waals surface area contributed by atoms with Crippen molar-refractivity contribution in [3.8, 4) is 0 Å². The van der Waals surface area contributed by atoms with E-state index in [4.69, 9.17) is 11.6 Å². The molecule has 4 nitrogen and oxygen atoms in total. The summed E-state index contributed by atoms with van der Waals surface area (Å²) in [5.41, 5.74) is 2.78. The first-order valence-electron chi connectivity index (χ1n) is 7.73. The van der Waals surface area contributed by atoms with Gasteiger partial charge in [-0.3, -0.25) is 4.79 Å². The summed E-state index contributed by atoms with van der Waals surface area (Å²) in [5.74, 6) is -0.0287. The molecule has 1 heterocycles. The van der Waals surface area contributed by atoms with E-state index >= 15 is 0 Å². The zero-order valence-electron chi connectivity index (χ0n) is 13.6. The zero-order chi connectivity index (χ0) is 17.1. The normalized spacial score (nSPS) is 12.3. The highest BCUT2D eigenvalue weighted by atomic mass is 35.5. The van der Waals surface area contributed by atoms with Crippen molar-refractivity contribution < 1.29 is 9.69 Å². The number of likely N-dealkylation sites (N-methyl/N-ethyl adjacent to an activating group) is 1. The smallest absolute Gasteiger partial charge is 0.279 e. The third kappa shape index (κ3) is 4.12. The molecule has 0 bridgehead atoms. The van der Waals surface area contributed by atoms with Crippen LogP contribution in [0.5, 0.6) is 0 Å². The molecule has 0 aliphatic rings. The van der Waals surface area contributed by atoms with Crippen LogP contribution in [0, 0.1) is 6.92 Å². The summed E-state index contributed by atoms with van der Waals surface area (Å²) in [7, 11) is 2.00. The Bertz CT molecular complexity index is 845. The van der Waals surface area contributed by atoms with E-state index in [9.17, 15) is 4.79 Å². The first kappa shape index (κ1) is 16.9. The van der Waals surface area contributed by atoms with E-state index in [1.807, 2.05) is 44.3 Å². The molecule has 1 unspecified atom stereocenters. The lowest BCUT2D eigenvalue weighted by atomic mass is 10.2. The van der Waals surface area contributed by atoms with Crippen molar-refractivity contribution in [1.82, 2.24) is 4.98 Å². The Labute approximate surface area is 150 Å². The zero-order valence-corrected chi connectivity index (χ0v) is 15.2. The van der Waals surface area contributed by atoms with E-state index in [0.29, 0.717) is 11.6 Å². The minimum Gasteiger partial charge on any atom is -0.324 e. The van der Waals surface area contributed by atoms with Crippen LogP contribution < -0.4 is 10.2 Å². The molecular formula is C18H19ClN3OS+. The van der Waals surface area contributed by atoms with Gasteiger partial charge in [-0.15, -0.1) is 11.3 Å². The molecule has 24 heavy (non-hydrogen) atoms. The van der Waals surface area contributed by atoms with E-state index in [2.05, 4.69) is 16.4 Å². The second kappa shape index (κ2) is 7.30. The van der Waals surface area contributed by atoms with Crippen LogP contribution in [-0.4, -0.2) is 24.5 Å². The minimum atomic E-state index is -0.0287. The fourth-order valence-corrected chi connectivity index (χ4v) is 3.77. The number of fused-ring (bicyclic) bond motifs is 1. The van der Waals surface area contributed by atoms with Gasteiger partial charge in [-0.05, 0) is 36.8 Å². The predicted octanol–water partition coefficient (Wildman–Crippen LogP) is 2.91. The lowest BCUT2D eigenvalue weighted by Gasteiger charge is -2.13. The van der Waals surface area contributed by atoms with Gasteiger partial charge in [0.1, 0.15) is 11.6 Å². The van der Waals surface area contributed by atoms with Gasteiger partial charge in [0.25, 0.3) is 5.91 Å². The lowest BCUT2D eigenvalue weighted by Crippen LogP contribution is -3.08. The van der Waals surface area contributed by atoms with Gasteiger partial charge in [0.15, 0.2) is 6.54 Å². The van der Waals surface area contributed by atoms with Crippen molar-refractivity contribution >= 4 is 44.7 Å². The SMILES string of the molecule is Cc1ccc(Cl)cc1NC(=O)C[NH+](C)Cc1nc2ccccc2s1. The van der Waals surface area contributed by atoms with Gasteiger partial charge in [0, 0.05) is 10.7 Å². The molecule has 0 saturated carbocycles. The monoisotopic (exact) mass is 360 g/mol. The molecule has 2 N–H and O–H groups in total. The van der Waals surface area contributed by atoms with Crippen molar-refractivity contribution in [2.75, 3.05) is 18.9 Å². The fourth-order valence-electron chi connectivity index (χ4n) is 2.51. The van der Waals surface area contributed by atoms with E-state index in [-0.39, 0.29) is 5.91 Å². The second-order valence-electron chi connectivity index (χ2n) is 5.89. The maximum absolute atomic E-state index is 12.3. The Morgan fingerprint density at radius 1 is 1.29 bits per heavy atom. The van der Waals surface area contributed by atoms with Gasteiger partial charge in [-0.1, -0.05) is 29.8 Å². The Morgan fingerprint density at radius 3 is 2.88 bits per heavy atom. The third-order valence-corrected chi connectivity index (χ3v) is 5.00. The lowest BCUT2D eigenvalue weighted by molar-refractivity contribution is -0.885. The maximum atomic E-state index is 12.3. The number of quaternary nitrogens is 1. The molecule has 124 valence electrons. The summed E-state index contributed by atoms with van der Waals surface area (Å²) in [5, 5.41) is 4.59. The first-order valence-corrected chi connectivity index (χ1v) is 8.92. The molecule has 0 aliphatic carbocycles. The van der Waals surface area contributed by atoms with Crippen LogP contribution in [-0.2, 0) is 11.3 Å². The number of nitrogens with zero attached hydrogens (tertiary/aromatic N) is 1. The van der Waals surface area contributed by atoms with Crippen molar-refractivity contribution in [3.05, 3.63) is 58.1 Å². The number of carbonyl (C=O) groups is 1. The average Bonchev–Trinajstić information content (AvgIpc) is 2.92. The number of aryl methyl sites for hydroxylation is 1. The summed E-state index contributed by atoms with van der Waals surface area (Å²) < 4.78 is 1.18. The van der Waals surface area contributed by atoms with Gasteiger partial charge >= 0.3 is 0 Å². The number of nitrogens with one attached hydrogen (secondary N) is 2. The molecule has 6 heteroatoms. The Balaban J connectivity index is 1.60. The van der Waals surface area contributed by atoms with E-state index in [1.165, 1.54) is 4.70 Å². The van der Waals surface area contributed by atoms with Crippen LogP contribution in [0.1, 0.15) is 10.6 Å². The molecule has 0 spiro atoms. The predicted molar refractivity (Wildman–Crippen MR) is 99.9 cm³/mol. The summed E-state index contributed by atoms with van der Waals surface area (Å²) in [6.07, 6.45) is 0. The van der Waals surface area contributed by atoms with Crippen molar-refractivity contribution in [1.29, 1.82) is 0 Å². The fraction of sp³-hybridized carbons (Fsp3) is 0.222. The summed E-state index contributed by atoms with van der Waals surface area (Å²) >= 11 is 7.67. The number of aromatic nitrogens is 1. The highest BCUT2D eigenvalue weighted by molar-refractivity contribution is 7.18. The molecule has 0 fully saturated rings. The highest BCUT2D eigenvalue weighted by Crippen LogP contribution is 2.21. The molecule has 1 aromatic heterocycles. The van der Waals surface area contributed by atoms with Gasteiger partial charge < -0.3 is 10.2 Å². The van der Waals surface area contributed by atoms with Gasteiger partial charge in [0.2, 0.25) is 0 Å². The number of para-hydroxylation sites is 1. The number of rotatable bonds is 5. The molecule has 2 aromatic carbocycles. The van der Waals surface area contributed by atoms with Crippen LogP contribution in [0.15, 0.2) is 42.5 Å². The molecule has 1 amide bonds. The van der Waals surface area contributed by atoms with Crippen LogP contribution in [0.2, 0.25) is 5.02 Å². The van der Waals surface area contributed by atoms with Crippen molar-refractivity contribution in [3.63, 3.8) is 0 Å². The summed E-state index contributed by atoms with van der Waals surface area (Å²) in [6, 6.07) is 13.6. The van der Waals surface area contributed by atoms with Crippen LogP contribution in [0.3, 0.4) is 0 Å². The number of hydrogen-bond acceptors (Lipinski definition) is 3. The van der Waals surface area contributed by atoms with Crippen molar-refractivity contribution in [2.24, 2.45) is 0 Å². The molecule has 0 saturated heterocycles.